The van der Waals surface area contributed by atoms with Gasteiger partial charge in [0.05, 0.1) is 5.75 Å². The van der Waals surface area contributed by atoms with E-state index in [0.717, 1.165) is 22.4 Å². The van der Waals surface area contributed by atoms with Crippen LogP contribution in [-0.4, -0.2) is 32.0 Å². The van der Waals surface area contributed by atoms with Crippen molar-refractivity contribution in [3.63, 3.8) is 0 Å². The number of amides is 1. The Bertz CT molecular complexity index is 1200. The summed E-state index contributed by atoms with van der Waals surface area (Å²) < 4.78 is 4.96. The van der Waals surface area contributed by atoms with Gasteiger partial charge < -0.3 is 9.84 Å². The first-order valence-corrected chi connectivity index (χ1v) is 10.7. The van der Waals surface area contributed by atoms with Crippen molar-refractivity contribution in [2.45, 2.75) is 25.9 Å². The number of hydrogen-bond acceptors (Lipinski definition) is 7. The molecule has 0 saturated heterocycles. The summed E-state index contributed by atoms with van der Waals surface area (Å²) in [4.78, 5) is 16.9. The quantitative estimate of drug-likeness (QED) is 0.436. The molecule has 0 saturated carbocycles. The minimum Gasteiger partial charge on any atom is -0.360 e. The van der Waals surface area contributed by atoms with E-state index < -0.39 is 0 Å². The molecule has 0 radical (unpaired) electrons. The number of hydrogen-bond donors (Lipinski definition) is 1. The largest absolute Gasteiger partial charge is 0.360 e. The van der Waals surface area contributed by atoms with Gasteiger partial charge in [-0.05, 0) is 20.8 Å². The third-order valence-corrected chi connectivity index (χ3v) is 5.38. The van der Waals surface area contributed by atoms with Gasteiger partial charge in [0, 0.05) is 17.2 Å². The Labute approximate surface area is 184 Å². The first-order chi connectivity index (χ1) is 15.0. The van der Waals surface area contributed by atoms with Gasteiger partial charge in [-0.3, -0.25) is 4.79 Å². The van der Waals surface area contributed by atoms with Gasteiger partial charge in [0.15, 0.2) is 5.82 Å². The molecule has 0 aliphatic carbocycles. The Hall–Kier alpha value is -3.52. The molecule has 7 nitrogen and oxygen atoms in total. The van der Waals surface area contributed by atoms with Crippen molar-refractivity contribution in [2.75, 3.05) is 11.1 Å². The number of nitrogens with zero attached hydrogens (tertiary/aromatic N) is 4. The fourth-order valence-corrected chi connectivity index (χ4v) is 3.51. The normalized spacial score (nSPS) is 10.8. The molecule has 0 aliphatic heterocycles. The van der Waals surface area contributed by atoms with Crippen LogP contribution >= 0.6 is 11.8 Å². The Morgan fingerprint density at radius 2 is 1.52 bits per heavy atom. The summed E-state index contributed by atoms with van der Waals surface area (Å²) in [7, 11) is 0. The average molecular weight is 432 g/mol. The van der Waals surface area contributed by atoms with Crippen LogP contribution in [0, 0.1) is 20.8 Å². The van der Waals surface area contributed by atoms with Crippen LogP contribution in [0.4, 0.5) is 5.82 Å². The van der Waals surface area contributed by atoms with Crippen molar-refractivity contribution in [1.29, 1.82) is 0 Å². The molecule has 1 amide bonds. The van der Waals surface area contributed by atoms with E-state index >= 15 is 0 Å². The Morgan fingerprint density at radius 1 is 0.903 bits per heavy atom. The van der Waals surface area contributed by atoms with Gasteiger partial charge in [-0.15, -0.1) is 10.2 Å². The fourth-order valence-electron chi connectivity index (χ4n) is 2.93. The van der Waals surface area contributed by atoms with Crippen LogP contribution in [0.15, 0.2) is 64.3 Å². The van der Waals surface area contributed by atoms with Crippen molar-refractivity contribution < 1.29 is 9.32 Å². The summed E-state index contributed by atoms with van der Waals surface area (Å²) in [5.41, 5.74) is 5.65. The highest BCUT2D eigenvalue weighted by molar-refractivity contribution is 7.99. The standard InChI is InChI=1S/C23H21N5O2S/c1-14-4-8-17(9-5-14)21-22(18-10-6-15(2)7-11-18)26-27-23(25-21)31-13-20(29)24-19-12-16(3)30-28-19/h4-12H,13H2,1-3H3,(H,24,28,29). The number of carbonyl (C=O) groups is 1. The number of aryl methyl sites for hydroxylation is 3. The summed E-state index contributed by atoms with van der Waals surface area (Å²) in [6.07, 6.45) is 0. The van der Waals surface area contributed by atoms with E-state index in [1.54, 1.807) is 13.0 Å². The maximum absolute atomic E-state index is 12.2. The van der Waals surface area contributed by atoms with E-state index in [0.29, 0.717) is 22.4 Å². The number of nitrogens with one attached hydrogen (secondary N) is 1. The lowest BCUT2D eigenvalue weighted by Gasteiger charge is -2.10. The highest BCUT2D eigenvalue weighted by Crippen LogP contribution is 2.30. The van der Waals surface area contributed by atoms with Crippen LogP contribution in [0.3, 0.4) is 0 Å². The molecule has 2 heterocycles. The van der Waals surface area contributed by atoms with Crippen molar-refractivity contribution in [3.8, 4) is 22.5 Å². The molecule has 0 aliphatic rings. The topological polar surface area (TPSA) is 93.8 Å². The molecule has 0 bridgehead atoms. The molecule has 31 heavy (non-hydrogen) atoms. The zero-order valence-electron chi connectivity index (χ0n) is 17.4. The van der Waals surface area contributed by atoms with Crippen molar-refractivity contribution in [3.05, 3.63) is 71.5 Å². The van der Waals surface area contributed by atoms with Crippen LogP contribution in [0.2, 0.25) is 0 Å². The third kappa shape index (κ3) is 5.16. The van der Waals surface area contributed by atoms with Gasteiger partial charge in [0.25, 0.3) is 0 Å². The van der Waals surface area contributed by atoms with Crippen molar-refractivity contribution >= 4 is 23.5 Å². The van der Waals surface area contributed by atoms with Gasteiger partial charge in [0.2, 0.25) is 11.1 Å². The first-order valence-electron chi connectivity index (χ1n) is 9.73. The molecular weight excluding hydrogens is 410 g/mol. The van der Waals surface area contributed by atoms with Gasteiger partial charge in [0.1, 0.15) is 17.1 Å². The number of aromatic nitrogens is 4. The van der Waals surface area contributed by atoms with Crippen LogP contribution < -0.4 is 5.32 Å². The van der Waals surface area contributed by atoms with E-state index in [2.05, 4.69) is 20.7 Å². The maximum atomic E-state index is 12.2. The number of rotatable bonds is 6. The summed E-state index contributed by atoms with van der Waals surface area (Å²) >= 11 is 1.22. The summed E-state index contributed by atoms with van der Waals surface area (Å²) in [5, 5.41) is 15.6. The lowest BCUT2D eigenvalue weighted by molar-refractivity contribution is -0.113. The second kappa shape index (κ2) is 9.09. The van der Waals surface area contributed by atoms with Crippen LogP contribution in [0.25, 0.3) is 22.5 Å². The second-order valence-electron chi connectivity index (χ2n) is 7.18. The molecule has 0 unspecified atom stereocenters. The van der Waals surface area contributed by atoms with E-state index in [4.69, 9.17) is 9.51 Å². The second-order valence-corrected chi connectivity index (χ2v) is 8.13. The molecular formula is C23H21N5O2S. The van der Waals surface area contributed by atoms with Crippen LogP contribution in [-0.2, 0) is 4.79 Å². The van der Waals surface area contributed by atoms with Gasteiger partial charge in [-0.2, -0.15) is 0 Å². The molecule has 156 valence electrons. The number of thioether (sulfide) groups is 1. The molecule has 8 heteroatoms. The SMILES string of the molecule is Cc1ccc(-c2nnc(SCC(=O)Nc3cc(C)on3)nc2-c2ccc(C)cc2)cc1. The van der Waals surface area contributed by atoms with Gasteiger partial charge in [-0.25, -0.2) is 4.98 Å². The Balaban J connectivity index is 1.59. The van der Waals surface area contributed by atoms with Crippen molar-refractivity contribution in [1.82, 2.24) is 20.3 Å². The average Bonchev–Trinajstić information content (AvgIpc) is 3.18. The highest BCUT2D eigenvalue weighted by atomic mass is 32.2. The van der Waals surface area contributed by atoms with E-state index in [-0.39, 0.29) is 11.7 Å². The van der Waals surface area contributed by atoms with Gasteiger partial charge >= 0.3 is 0 Å². The lowest BCUT2D eigenvalue weighted by atomic mass is 10.0. The Kier molecular flexibility index (Phi) is 6.08. The molecule has 0 atom stereocenters. The summed E-state index contributed by atoms with van der Waals surface area (Å²) in [6, 6.07) is 17.9. The third-order valence-electron chi connectivity index (χ3n) is 4.55. The molecule has 4 rings (SSSR count). The lowest BCUT2D eigenvalue weighted by Crippen LogP contribution is -2.14. The minimum atomic E-state index is -0.221. The van der Waals surface area contributed by atoms with Gasteiger partial charge in [-0.1, -0.05) is 76.6 Å². The predicted molar refractivity (Wildman–Crippen MR) is 121 cm³/mol. The predicted octanol–water partition coefficient (Wildman–Crippen LogP) is 4.85. The zero-order chi connectivity index (χ0) is 21.8. The molecule has 0 spiro atoms. The minimum absolute atomic E-state index is 0.130. The highest BCUT2D eigenvalue weighted by Gasteiger charge is 2.15. The number of benzene rings is 2. The van der Waals surface area contributed by atoms with E-state index in [1.165, 1.54) is 17.3 Å². The first kappa shape index (κ1) is 20.7. The van der Waals surface area contributed by atoms with Crippen LogP contribution in [0.1, 0.15) is 16.9 Å². The summed E-state index contributed by atoms with van der Waals surface area (Å²) in [6.45, 7) is 5.85. The maximum Gasteiger partial charge on any atom is 0.236 e. The fraction of sp³-hybridized carbons (Fsp3) is 0.174. The van der Waals surface area contributed by atoms with E-state index in [9.17, 15) is 4.79 Å². The number of anilines is 1. The molecule has 0 fully saturated rings. The number of carbonyl (C=O) groups excluding carboxylic acids is 1. The van der Waals surface area contributed by atoms with Crippen molar-refractivity contribution in [2.24, 2.45) is 0 Å². The smallest absolute Gasteiger partial charge is 0.236 e. The molecule has 4 aromatic rings. The zero-order valence-corrected chi connectivity index (χ0v) is 18.2. The summed E-state index contributed by atoms with van der Waals surface area (Å²) in [5.74, 6) is 0.925. The Morgan fingerprint density at radius 3 is 2.10 bits per heavy atom. The monoisotopic (exact) mass is 431 g/mol. The molecule has 2 aromatic carbocycles. The molecule has 1 N–H and O–H groups in total. The van der Waals surface area contributed by atoms with E-state index in [1.807, 2.05) is 62.4 Å². The van der Waals surface area contributed by atoms with Crippen LogP contribution in [0.5, 0.6) is 0 Å². The molecule has 2 aromatic heterocycles.